The van der Waals surface area contributed by atoms with Gasteiger partial charge in [0, 0.05) is 6.54 Å². The lowest BCUT2D eigenvalue weighted by atomic mass is 10.1. The number of nitrogens with zero attached hydrogens (tertiary/aromatic N) is 3. The van der Waals surface area contributed by atoms with Crippen LogP contribution in [0.25, 0.3) is 0 Å². The maximum absolute atomic E-state index is 12.3. The van der Waals surface area contributed by atoms with Crippen molar-refractivity contribution in [3.8, 4) is 0 Å². The van der Waals surface area contributed by atoms with Crippen LogP contribution >= 0.6 is 0 Å². The topological polar surface area (TPSA) is 111 Å². The van der Waals surface area contributed by atoms with E-state index in [1.807, 2.05) is 6.92 Å². The molecule has 3 N–H and O–H groups in total. The number of anilines is 1. The molecule has 0 aliphatic heterocycles. The van der Waals surface area contributed by atoms with Gasteiger partial charge in [-0.05, 0) is 44.0 Å². The zero-order valence-electron chi connectivity index (χ0n) is 12.1. The van der Waals surface area contributed by atoms with E-state index in [1.54, 1.807) is 26.0 Å². The number of sulfonamides is 1. The molecule has 0 aliphatic carbocycles. The second kappa shape index (κ2) is 5.74. The van der Waals surface area contributed by atoms with Gasteiger partial charge in [0.25, 0.3) is 16.0 Å². The van der Waals surface area contributed by atoms with Gasteiger partial charge in [-0.25, -0.2) is 18.1 Å². The van der Waals surface area contributed by atoms with Crippen LogP contribution in [-0.2, 0) is 16.6 Å². The quantitative estimate of drug-likeness (QED) is 0.873. The third-order valence-corrected chi connectivity index (χ3v) is 4.49. The van der Waals surface area contributed by atoms with Crippen LogP contribution in [-0.4, -0.2) is 23.6 Å². The van der Waals surface area contributed by atoms with Gasteiger partial charge in [-0.2, -0.15) is 5.10 Å². The Morgan fingerprint density at radius 1 is 1.14 bits per heavy atom. The Balaban J connectivity index is 2.33. The highest BCUT2D eigenvalue weighted by Gasteiger charge is 2.17. The van der Waals surface area contributed by atoms with Crippen LogP contribution in [0.3, 0.4) is 0 Å². The van der Waals surface area contributed by atoms with Crippen molar-refractivity contribution in [3.05, 3.63) is 40.7 Å². The Kier molecular flexibility index (Phi) is 4.19. The Labute approximate surface area is 123 Å². The summed E-state index contributed by atoms with van der Waals surface area (Å²) in [5.74, 6) is -0.0429. The van der Waals surface area contributed by atoms with Gasteiger partial charge in [-0.15, -0.1) is 5.10 Å². The van der Waals surface area contributed by atoms with Gasteiger partial charge in [-0.1, -0.05) is 6.07 Å². The van der Waals surface area contributed by atoms with Gasteiger partial charge in [0.05, 0.1) is 16.3 Å². The summed E-state index contributed by atoms with van der Waals surface area (Å²) in [6.07, 6.45) is 0. The van der Waals surface area contributed by atoms with Gasteiger partial charge < -0.3 is 5.73 Å². The highest BCUT2D eigenvalue weighted by molar-refractivity contribution is 7.92. The molecule has 0 aliphatic rings. The fraction of sp³-hybridized carbons (Fsp3) is 0.308. The van der Waals surface area contributed by atoms with E-state index >= 15 is 0 Å². The molecule has 0 radical (unpaired) electrons. The number of aromatic nitrogens is 3. The average molecular weight is 307 g/mol. The van der Waals surface area contributed by atoms with E-state index in [0.717, 1.165) is 11.1 Å². The Bertz CT molecular complexity index is 774. The molecule has 0 amide bonds. The van der Waals surface area contributed by atoms with E-state index in [-0.39, 0.29) is 10.8 Å². The molecule has 1 heterocycles. The van der Waals surface area contributed by atoms with Crippen LogP contribution in [0, 0.1) is 20.8 Å². The first-order valence-corrected chi connectivity index (χ1v) is 7.82. The van der Waals surface area contributed by atoms with E-state index in [1.165, 1.54) is 6.07 Å². The van der Waals surface area contributed by atoms with Crippen molar-refractivity contribution in [2.75, 3.05) is 4.72 Å². The molecule has 112 valence electrons. The Morgan fingerprint density at radius 3 is 2.43 bits per heavy atom. The predicted octanol–water partition coefficient (Wildman–Crippen LogP) is 1.06. The van der Waals surface area contributed by atoms with Crippen LogP contribution in [0.15, 0.2) is 23.1 Å². The number of aryl methyl sites for hydroxylation is 3. The molecule has 2 rings (SSSR count). The minimum atomic E-state index is -3.75. The maximum atomic E-state index is 12.3. The van der Waals surface area contributed by atoms with Crippen molar-refractivity contribution >= 4 is 16.0 Å². The zero-order chi connectivity index (χ0) is 15.6. The lowest BCUT2D eigenvalue weighted by molar-refractivity contribution is 0.600. The smallest absolute Gasteiger partial charge is 0.264 e. The van der Waals surface area contributed by atoms with Crippen molar-refractivity contribution in [2.45, 2.75) is 32.2 Å². The molecular formula is C13H17N5O2S. The zero-order valence-corrected chi connectivity index (χ0v) is 12.9. The summed E-state index contributed by atoms with van der Waals surface area (Å²) >= 11 is 0. The minimum absolute atomic E-state index is 0.0429. The first kappa shape index (κ1) is 15.3. The lowest BCUT2D eigenvalue weighted by Gasteiger charge is -2.09. The van der Waals surface area contributed by atoms with Crippen LogP contribution in [0.5, 0.6) is 0 Å². The van der Waals surface area contributed by atoms with Gasteiger partial charge >= 0.3 is 0 Å². The first-order chi connectivity index (χ1) is 9.83. The monoisotopic (exact) mass is 307 g/mol. The highest BCUT2D eigenvalue weighted by Crippen LogP contribution is 2.17. The predicted molar refractivity (Wildman–Crippen MR) is 79.2 cm³/mol. The average Bonchev–Trinajstić information content (AvgIpc) is 2.42. The van der Waals surface area contributed by atoms with E-state index in [2.05, 4.69) is 19.9 Å². The van der Waals surface area contributed by atoms with E-state index in [0.29, 0.717) is 17.9 Å². The second-order valence-electron chi connectivity index (χ2n) is 4.70. The molecule has 7 nitrogen and oxygen atoms in total. The molecule has 0 unspecified atom stereocenters. The van der Waals surface area contributed by atoms with Crippen molar-refractivity contribution in [1.82, 2.24) is 15.2 Å². The van der Waals surface area contributed by atoms with Crippen molar-refractivity contribution in [3.63, 3.8) is 0 Å². The van der Waals surface area contributed by atoms with Gasteiger partial charge in [0.2, 0.25) is 0 Å². The molecule has 1 aromatic carbocycles. The fourth-order valence-electron chi connectivity index (χ4n) is 1.74. The maximum Gasteiger partial charge on any atom is 0.264 e. The summed E-state index contributed by atoms with van der Waals surface area (Å²) in [5.41, 5.74) is 8.57. The molecule has 0 spiro atoms. The van der Waals surface area contributed by atoms with E-state index in [4.69, 9.17) is 5.73 Å². The number of rotatable bonds is 4. The molecule has 0 saturated carbocycles. The second-order valence-corrected chi connectivity index (χ2v) is 6.39. The van der Waals surface area contributed by atoms with Crippen LogP contribution in [0.4, 0.5) is 5.95 Å². The number of hydrogen-bond acceptors (Lipinski definition) is 6. The third kappa shape index (κ3) is 3.34. The molecule has 1 aromatic heterocycles. The fourth-order valence-corrected chi connectivity index (χ4v) is 2.77. The lowest BCUT2D eigenvalue weighted by Crippen LogP contribution is -2.16. The summed E-state index contributed by atoms with van der Waals surface area (Å²) in [5, 5.41) is 7.58. The van der Waals surface area contributed by atoms with Gasteiger partial charge in [-0.3, -0.25) is 0 Å². The molecular weight excluding hydrogens is 290 g/mol. The van der Waals surface area contributed by atoms with Crippen molar-refractivity contribution in [2.24, 2.45) is 5.73 Å². The largest absolute Gasteiger partial charge is 0.326 e. The van der Waals surface area contributed by atoms with Gasteiger partial charge in [0.15, 0.2) is 0 Å². The molecule has 0 bridgehead atoms. The van der Waals surface area contributed by atoms with E-state index in [9.17, 15) is 8.42 Å². The minimum Gasteiger partial charge on any atom is -0.326 e. The third-order valence-electron chi connectivity index (χ3n) is 3.16. The Morgan fingerprint density at radius 2 is 1.86 bits per heavy atom. The number of nitrogens with two attached hydrogens (primary N) is 1. The summed E-state index contributed by atoms with van der Waals surface area (Å²) in [4.78, 5) is 4.19. The highest BCUT2D eigenvalue weighted by atomic mass is 32.2. The van der Waals surface area contributed by atoms with Crippen molar-refractivity contribution < 1.29 is 8.42 Å². The molecule has 0 atom stereocenters. The summed E-state index contributed by atoms with van der Waals surface area (Å²) < 4.78 is 26.9. The van der Waals surface area contributed by atoms with Crippen molar-refractivity contribution in [1.29, 1.82) is 0 Å². The summed E-state index contributed by atoms with van der Waals surface area (Å²) in [7, 11) is -3.75. The molecule has 21 heavy (non-hydrogen) atoms. The van der Waals surface area contributed by atoms with Crippen LogP contribution in [0.2, 0.25) is 0 Å². The number of hydrogen-bond donors (Lipinski definition) is 2. The number of benzene rings is 1. The number of nitrogens with one attached hydrogen (secondary N) is 1. The first-order valence-electron chi connectivity index (χ1n) is 6.34. The van der Waals surface area contributed by atoms with E-state index < -0.39 is 10.0 Å². The Hall–Kier alpha value is -2.06. The molecule has 2 aromatic rings. The normalized spacial score (nSPS) is 11.4. The summed E-state index contributed by atoms with van der Waals surface area (Å²) in [6, 6.07) is 4.77. The van der Waals surface area contributed by atoms with Crippen LogP contribution in [0.1, 0.15) is 22.5 Å². The summed E-state index contributed by atoms with van der Waals surface area (Å²) in [6.45, 7) is 5.67. The van der Waals surface area contributed by atoms with Gasteiger partial charge in [0.1, 0.15) is 0 Å². The molecule has 8 heteroatoms. The molecule has 0 fully saturated rings. The molecule has 0 saturated heterocycles. The SMILES string of the molecule is Cc1cc(S(=O)(=O)Nc2nnc(C)c(C)n2)ccc1CN. The van der Waals surface area contributed by atoms with Crippen LogP contribution < -0.4 is 10.5 Å². The standard InChI is InChI=1S/C13H17N5O2S/c1-8-6-12(5-4-11(8)7-14)21(19,20)18-13-15-9(2)10(3)16-17-13/h4-6H,7,14H2,1-3H3,(H,15,17,18).